The Morgan fingerprint density at radius 3 is 2.11 bits per heavy atom. The van der Waals surface area contributed by atoms with Gasteiger partial charge in [0, 0.05) is 11.1 Å². The van der Waals surface area contributed by atoms with Gasteiger partial charge in [0.25, 0.3) is 0 Å². The number of nitrogens with zero attached hydrogens (tertiary/aromatic N) is 2. The first kappa shape index (κ1) is 16.9. The first-order valence-corrected chi connectivity index (χ1v) is 8.76. The maximum Gasteiger partial charge on any atom is 0.170 e. The van der Waals surface area contributed by atoms with E-state index < -0.39 is 0 Å². The minimum Gasteiger partial charge on any atom is -0.504 e. The molecule has 0 unspecified atom stereocenters. The fraction of sp³-hybridized carbons (Fsp3) is 0.0870. The molecule has 0 aliphatic rings. The van der Waals surface area contributed by atoms with Crippen LogP contribution in [0.2, 0.25) is 0 Å². The molecule has 3 aromatic carbocycles. The van der Waals surface area contributed by atoms with Gasteiger partial charge in [0.2, 0.25) is 0 Å². The van der Waals surface area contributed by atoms with E-state index in [1.165, 1.54) is 0 Å². The predicted octanol–water partition coefficient (Wildman–Crippen LogP) is 5.23. The summed E-state index contributed by atoms with van der Waals surface area (Å²) in [5.74, 6) is 0.941. The largest absolute Gasteiger partial charge is 0.504 e. The van der Waals surface area contributed by atoms with Crippen molar-refractivity contribution in [1.82, 2.24) is 9.78 Å². The summed E-state index contributed by atoms with van der Waals surface area (Å²) >= 11 is 0. The van der Waals surface area contributed by atoms with Crippen molar-refractivity contribution in [2.45, 2.75) is 6.92 Å². The van der Waals surface area contributed by atoms with Gasteiger partial charge in [0.15, 0.2) is 5.75 Å². The van der Waals surface area contributed by atoms with Crippen LogP contribution in [0.3, 0.4) is 0 Å². The Morgan fingerprint density at radius 2 is 1.48 bits per heavy atom. The molecule has 0 atom stereocenters. The number of hydrogen-bond donors (Lipinski definition) is 1. The van der Waals surface area contributed by atoms with E-state index >= 15 is 0 Å². The van der Waals surface area contributed by atoms with Gasteiger partial charge in [-0.1, -0.05) is 60.2 Å². The smallest absolute Gasteiger partial charge is 0.170 e. The highest BCUT2D eigenvalue weighted by atomic mass is 16.5. The van der Waals surface area contributed by atoms with E-state index in [1.54, 1.807) is 11.8 Å². The van der Waals surface area contributed by atoms with Gasteiger partial charge in [-0.15, -0.1) is 0 Å². The van der Waals surface area contributed by atoms with Gasteiger partial charge >= 0.3 is 0 Å². The van der Waals surface area contributed by atoms with Crippen molar-refractivity contribution in [3.05, 3.63) is 84.4 Å². The van der Waals surface area contributed by atoms with Crippen LogP contribution in [0.25, 0.3) is 28.2 Å². The van der Waals surface area contributed by atoms with E-state index in [-0.39, 0.29) is 5.75 Å². The minimum atomic E-state index is 0.167. The second-order valence-electron chi connectivity index (χ2n) is 6.39. The third kappa shape index (κ3) is 3.17. The van der Waals surface area contributed by atoms with Crippen LogP contribution >= 0.6 is 0 Å². The van der Waals surface area contributed by atoms with E-state index in [2.05, 4.69) is 0 Å². The van der Waals surface area contributed by atoms with Crippen LogP contribution in [-0.4, -0.2) is 22.0 Å². The van der Waals surface area contributed by atoms with E-state index in [1.807, 2.05) is 85.8 Å². The molecule has 0 spiro atoms. The molecule has 4 nitrogen and oxygen atoms in total. The number of aromatic hydroxyl groups is 1. The van der Waals surface area contributed by atoms with E-state index in [4.69, 9.17) is 9.84 Å². The predicted molar refractivity (Wildman–Crippen MR) is 107 cm³/mol. The fourth-order valence-electron chi connectivity index (χ4n) is 3.08. The first-order chi connectivity index (χ1) is 13.2. The minimum absolute atomic E-state index is 0.167. The van der Waals surface area contributed by atoms with Gasteiger partial charge < -0.3 is 9.84 Å². The second kappa shape index (κ2) is 7.00. The lowest BCUT2D eigenvalue weighted by Crippen LogP contribution is -1.99. The van der Waals surface area contributed by atoms with E-state index in [0.717, 1.165) is 28.1 Å². The maximum atomic E-state index is 11.0. The van der Waals surface area contributed by atoms with Crippen molar-refractivity contribution >= 4 is 0 Å². The summed E-state index contributed by atoms with van der Waals surface area (Å²) in [4.78, 5) is 0. The molecule has 0 aliphatic carbocycles. The first-order valence-electron chi connectivity index (χ1n) is 8.76. The molecule has 4 aromatic rings. The lowest BCUT2D eigenvalue weighted by atomic mass is 10.1. The zero-order valence-corrected chi connectivity index (χ0v) is 15.3. The van der Waals surface area contributed by atoms with Gasteiger partial charge in [-0.05, 0) is 31.2 Å². The van der Waals surface area contributed by atoms with Crippen LogP contribution in [0, 0.1) is 6.92 Å². The zero-order chi connectivity index (χ0) is 18.8. The topological polar surface area (TPSA) is 47.3 Å². The van der Waals surface area contributed by atoms with Gasteiger partial charge in [-0.2, -0.15) is 5.10 Å². The number of aryl methyl sites for hydroxylation is 1. The second-order valence-corrected chi connectivity index (χ2v) is 6.39. The summed E-state index contributed by atoms with van der Waals surface area (Å²) in [5, 5.41) is 15.8. The van der Waals surface area contributed by atoms with Crippen molar-refractivity contribution in [1.29, 1.82) is 0 Å². The highest BCUT2D eigenvalue weighted by molar-refractivity contribution is 5.79. The molecule has 0 aliphatic heterocycles. The molecule has 0 fully saturated rings. The molecule has 0 saturated carbocycles. The Balaban J connectivity index is 1.93. The fourth-order valence-corrected chi connectivity index (χ4v) is 3.08. The summed E-state index contributed by atoms with van der Waals surface area (Å²) in [7, 11) is 1.64. The van der Waals surface area contributed by atoms with E-state index in [0.29, 0.717) is 11.4 Å². The molecule has 0 radical (unpaired) electrons. The zero-order valence-electron chi connectivity index (χ0n) is 15.3. The Hall–Kier alpha value is -3.53. The van der Waals surface area contributed by atoms with Crippen LogP contribution in [0.5, 0.6) is 11.5 Å². The van der Waals surface area contributed by atoms with Gasteiger partial charge in [0.05, 0.1) is 12.8 Å². The SMILES string of the molecule is COc1ccc(-n2nc(-c3ccccc3)c(O)c2-c2ccc(C)cc2)cc1. The Labute approximate surface area is 158 Å². The molecular weight excluding hydrogens is 336 g/mol. The molecular formula is C23H20N2O2. The quantitative estimate of drug-likeness (QED) is 0.545. The number of methoxy groups -OCH3 is 1. The molecule has 1 heterocycles. The highest BCUT2D eigenvalue weighted by Crippen LogP contribution is 2.39. The molecule has 1 N–H and O–H groups in total. The van der Waals surface area contributed by atoms with Crippen molar-refractivity contribution < 1.29 is 9.84 Å². The van der Waals surface area contributed by atoms with Crippen molar-refractivity contribution in [3.8, 4) is 39.7 Å². The van der Waals surface area contributed by atoms with E-state index in [9.17, 15) is 5.11 Å². The lowest BCUT2D eigenvalue weighted by molar-refractivity contribution is 0.414. The van der Waals surface area contributed by atoms with Gasteiger partial charge in [0.1, 0.15) is 17.1 Å². The summed E-state index contributed by atoms with van der Waals surface area (Å²) in [6, 6.07) is 25.4. The summed E-state index contributed by atoms with van der Waals surface area (Å²) in [6.07, 6.45) is 0. The monoisotopic (exact) mass is 356 g/mol. The number of aromatic nitrogens is 2. The maximum absolute atomic E-state index is 11.0. The summed E-state index contributed by atoms with van der Waals surface area (Å²) < 4.78 is 7.03. The molecule has 0 saturated heterocycles. The molecule has 27 heavy (non-hydrogen) atoms. The van der Waals surface area contributed by atoms with Crippen LogP contribution in [0.15, 0.2) is 78.9 Å². The van der Waals surface area contributed by atoms with Crippen molar-refractivity contribution in [2.75, 3.05) is 7.11 Å². The average Bonchev–Trinajstić information content (AvgIpc) is 3.06. The highest BCUT2D eigenvalue weighted by Gasteiger charge is 2.21. The average molecular weight is 356 g/mol. The van der Waals surface area contributed by atoms with Crippen molar-refractivity contribution in [3.63, 3.8) is 0 Å². The van der Waals surface area contributed by atoms with Crippen LogP contribution < -0.4 is 4.74 Å². The Bertz CT molecular complexity index is 1050. The number of rotatable bonds is 4. The number of benzene rings is 3. The third-order valence-electron chi connectivity index (χ3n) is 4.55. The molecule has 0 amide bonds. The Morgan fingerprint density at radius 1 is 0.815 bits per heavy atom. The van der Waals surface area contributed by atoms with Crippen molar-refractivity contribution in [2.24, 2.45) is 0 Å². The van der Waals surface area contributed by atoms with Crippen LogP contribution in [-0.2, 0) is 0 Å². The summed E-state index contributed by atoms with van der Waals surface area (Å²) in [6.45, 7) is 2.04. The van der Waals surface area contributed by atoms with Gasteiger partial charge in [-0.25, -0.2) is 4.68 Å². The molecule has 4 heteroatoms. The molecule has 134 valence electrons. The molecule has 4 rings (SSSR count). The normalized spacial score (nSPS) is 10.7. The molecule has 1 aromatic heterocycles. The number of hydrogen-bond acceptors (Lipinski definition) is 3. The molecule has 0 bridgehead atoms. The van der Waals surface area contributed by atoms with Crippen LogP contribution in [0.1, 0.15) is 5.56 Å². The third-order valence-corrected chi connectivity index (χ3v) is 4.55. The standard InChI is InChI=1S/C23H20N2O2/c1-16-8-10-18(11-9-16)22-23(26)21(17-6-4-3-5-7-17)24-25(22)19-12-14-20(27-2)15-13-19/h3-15,26H,1-2H3. The Kier molecular flexibility index (Phi) is 4.38. The van der Waals surface area contributed by atoms with Crippen LogP contribution in [0.4, 0.5) is 0 Å². The summed E-state index contributed by atoms with van der Waals surface area (Å²) in [5.41, 5.74) is 5.01. The lowest BCUT2D eigenvalue weighted by Gasteiger charge is -2.09. The number of ether oxygens (including phenoxy) is 1. The van der Waals surface area contributed by atoms with Gasteiger partial charge in [-0.3, -0.25) is 0 Å².